The first-order valence-electron chi connectivity index (χ1n) is 17.0. The zero-order valence-electron chi connectivity index (χ0n) is 30.7. The zero-order valence-corrected chi connectivity index (χ0v) is 30.7. The fraction of sp³-hybridized carbons (Fsp3) is 0.857. The minimum Gasteiger partial charge on any atom is -0.624 e. The second-order valence-corrected chi connectivity index (χ2v) is 18.4. The van der Waals surface area contributed by atoms with Crippen LogP contribution in [0.3, 0.4) is 0 Å². The van der Waals surface area contributed by atoms with Crippen molar-refractivity contribution < 1.29 is 9.44 Å². The molecule has 256 valence electrons. The fourth-order valence-electron chi connectivity index (χ4n) is 8.82. The van der Waals surface area contributed by atoms with Crippen molar-refractivity contribution >= 4 is 17.6 Å². The SMILES string of the molecule is CC(C)(C)CC(C)(C)Nc1ncnc(C(CCCCC(=O)[N+]2([O-])C(C)(C)CC(N)CC2(C)C)=NC2CC(C)(C)NC(C)(C)C2)n1. The Kier molecular flexibility index (Phi) is 10.7. The largest absolute Gasteiger partial charge is 0.624 e. The van der Waals surface area contributed by atoms with Crippen LogP contribution in [0.5, 0.6) is 0 Å². The molecule has 10 nitrogen and oxygen atoms in total. The predicted octanol–water partition coefficient (Wildman–Crippen LogP) is 6.68. The molecule has 4 N–H and O–H groups in total. The maximum Gasteiger partial charge on any atom is 0.314 e. The molecular weight excluding hydrogens is 564 g/mol. The second kappa shape index (κ2) is 12.9. The van der Waals surface area contributed by atoms with Crippen LogP contribution in [0.4, 0.5) is 5.95 Å². The van der Waals surface area contributed by atoms with Gasteiger partial charge in [-0.1, -0.05) is 20.8 Å². The molecular formula is C35H64N8O2. The van der Waals surface area contributed by atoms with Crippen molar-refractivity contribution in [3.8, 4) is 0 Å². The van der Waals surface area contributed by atoms with Crippen LogP contribution in [0.25, 0.3) is 0 Å². The maximum absolute atomic E-state index is 14.3. The van der Waals surface area contributed by atoms with Crippen LogP contribution in [0.15, 0.2) is 11.3 Å². The number of nitrogens with one attached hydrogen (secondary N) is 2. The zero-order chi connectivity index (χ0) is 34.3. The number of aromatic nitrogens is 3. The van der Waals surface area contributed by atoms with Crippen LogP contribution in [-0.4, -0.2) is 71.0 Å². The van der Waals surface area contributed by atoms with Crippen LogP contribution in [0.1, 0.15) is 154 Å². The Bertz CT molecular complexity index is 1190. The van der Waals surface area contributed by atoms with Crippen molar-refractivity contribution in [1.29, 1.82) is 0 Å². The van der Waals surface area contributed by atoms with E-state index in [4.69, 9.17) is 15.7 Å². The molecule has 45 heavy (non-hydrogen) atoms. The van der Waals surface area contributed by atoms with Crippen molar-refractivity contribution in [2.75, 3.05) is 5.32 Å². The standard InChI is InChI=1S/C35H64N8O2/c1-30(2,3)22-33(8,9)41-29-38-23-37-28(40-29)26(39-25-20-31(4,5)42-32(6,7)21-25)16-14-15-17-27(44)43(45)34(10,11)18-24(36)19-35(43,12)13/h23-25,42H,14-22,36H2,1-13H3,(H,37,38,40,41). The Balaban J connectivity index is 1.83. The molecule has 2 fully saturated rings. The number of carbonyl (C=O) groups excluding carboxylic acids is 1. The Morgan fingerprint density at radius 1 is 0.956 bits per heavy atom. The summed E-state index contributed by atoms with van der Waals surface area (Å²) in [5.41, 5.74) is 5.40. The van der Waals surface area contributed by atoms with Gasteiger partial charge in [-0.2, -0.15) is 4.98 Å². The lowest BCUT2D eigenvalue weighted by Crippen LogP contribution is -2.75. The quantitative estimate of drug-likeness (QED) is 0.113. The van der Waals surface area contributed by atoms with E-state index in [-0.39, 0.29) is 46.4 Å². The molecule has 0 aromatic carbocycles. The number of hydrogen-bond acceptors (Lipinski definition) is 9. The van der Waals surface area contributed by atoms with Gasteiger partial charge in [0.1, 0.15) is 17.4 Å². The van der Waals surface area contributed by atoms with Crippen molar-refractivity contribution in [1.82, 2.24) is 20.3 Å². The lowest BCUT2D eigenvalue weighted by molar-refractivity contribution is -0.910. The van der Waals surface area contributed by atoms with E-state index in [0.29, 0.717) is 43.9 Å². The highest BCUT2D eigenvalue weighted by molar-refractivity contribution is 5.97. The summed E-state index contributed by atoms with van der Waals surface area (Å²) in [6.45, 7) is 27.5. The molecule has 0 aliphatic carbocycles. The van der Waals surface area contributed by atoms with Gasteiger partial charge >= 0.3 is 5.91 Å². The van der Waals surface area contributed by atoms with Gasteiger partial charge in [-0.3, -0.25) is 9.64 Å². The maximum atomic E-state index is 14.3. The van der Waals surface area contributed by atoms with Crippen molar-refractivity contribution in [3.05, 3.63) is 17.4 Å². The molecule has 2 saturated heterocycles. The minimum atomic E-state index is -0.833. The minimum absolute atomic E-state index is 0.0568. The molecule has 0 spiro atoms. The van der Waals surface area contributed by atoms with E-state index in [1.807, 2.05) is 27.7 Å². The number of nitrogens with two attached hydrogens (primary N) is 1. The molecule has 1 amide bonds. The average molecular weight is 629 g/mol. The van der Waals surface area contributed by atoms with Gasteiger partial charge in [-0.25, -0.2) is 14.8 Å². The summed E-state index contributed by atoms with van der Waals surface area (Å²) in [7, 11) is 0. The van der Waals surface area contributed by atoms with Gasteiger partial charge in [0.2, 0.25) is 5.95 Å². The van der Waals surface area contributed by atoms with E-state index < -0.39 is 15.7 Å². The van der Waals surface area contributed by atoms with Gasteiger partial charge in [0.05, 0.1) is 18.2 Å². The van der Waals surface area contributed by atoms with E-state index in [2.05, 4.69) is 82.9 Å². The van der Waals surface area contributed by atoms with Gasteiger partial charge in [0, 0.05) is 35.5 Å². The molecule has 0 atom stereocenters. The molecule has 0 unspecified atom stereocenters. The number of amides is 1. The Labute approximate surface area is 273 Å². The Morgan fingerprint density at radius 2 is 1.49 bits per heavy atom. The molecule has 0 radical (unpaired) electrons. The number of piperidine rings is 2. The number of nitrogens with zero attached hydrogens (tertiary/aromatic N) is 5. The number of aliphatic imine (C=N–C) groups is 1. The average Bonchev–Trinajstić information content (AvgIpc) is 2.79. The lowest BCUT2D eigenvalue weighted by Gasteiger charge is -2.64. The van der Waals surface area contributed by atoms with Crippen LogP contribution < -0.4 is 16.4 Å². The van der Waals surface area contributed by atoms with Gasteiger partial charge in [0.25, 0.3) is 0 Å². The normalized spacial score (nSPS) is 26.8. The van der Waals surface area contributed by atoms with Crippen LogP contribution in [-0.2, 0) is 4.79 Å². The number of likely N-dealkylation sites (tertiary alicyclic amines) is 1. The van der Waals surface area contributed by atoms with Gasteiger partial charge in [-0.05, 0) is 113 Å². The lowest BCUT2D eigenvalue weighted by atomic mass is 9.76. The van der Waals surface area contributed by atoms with E-state index >= 15 is 0 Å². The topological polar surface area (TPSA) is 141 Å². The molecule has 10 heteroatoms. The highest BCUT2D eigenvalue weighted by atomic mass is 16.6. The van der Waals surface area contributed by atoms with Crippen LogP contribution in [0, 0.1) is 10.6 Å². The van der Waals surface area contributed by atoms with Gasteiger partial charge in [0.15, 0.2) is 5.82 Å². The van der Waals surface area contributed by atoms with E-state index in [1.165, 1.54) is 0 Å². The summed E-state index contributed by atoms with van der Waals surface area (Å²) in [6.07, 6.45) is 7.49. The summed E-state index contributed by atoms with van der Waals surface area (Å²) in [6, 6.07) is 0.0264. The number of anilines is 1. The predicted molar refractivity (Wildman–Crippen MR) is 185 cm³/mol. The van der Waals surface area contributed by atoms with Crippen LogP contribution >= 0.6 is 0 Å². The van der Waals surface area contributed by atoms with Crippen molar-refractivity contribution in [2.24, 2.45) is 16.1 Å². The van der Waals surface area contributed by atoms with E-state index in [0.717, 1.165) is 25.0 Å². The molecule has 2 aliphatic rings. The third-order valence-corrected chi connectivity index (χ3v) is 9.39. The van der Waals surface area contributed by atoms with Crippen molar-refractivity contribution in [3.63, 3.8) is 0 Å². The summed E-state index contributed by atoms with van der Waals surface area (Å²) >= 11 is 0. The van der Waals surface area contributed by atoms with Crippen LogP contribution in [0.2, 0.25) is 0 Å². The first kappa shape index (κ1) is 37.4. The smallest absolute Gasteiger partial charge is 0.314 e. The number of quaternary nitrogens is 1. The summed E-state index contributed by atoms with van der Waals surface area (Å²) in [5.74, 6) is 0.845. The first-order chi connectivity index (χ1) is 20.3. The highest BCUT2D eigenvalue weighted by Gasteiger charge is 2.57. The molecule has 1 aromatic rings. The Hall–Kier alpha value is -2.01. The fourth-order valence-corrected chi connectivity index (χ4v) is 8.82. The monoisotopic (exact) mass is 629 g/mol. The highest BCUT2D eigenvalue weighted by Crippen LogP contribution is 2.45. The van der Waals surface area contributed by atoms with Gasteiger partial charge < -0.3 is 21.6 Å². The summed E-state index contributed by atoms with van der Waals surface area (Å²) in [5, 5.41) is 21.6. The van der Waals surface area contributed by atoms with E-state index in [9.17, 15) is 10.0 Å². The molecule has 2 aliphatic heterocycles. The van der Waals surface area contributed by atoms with E-state index in [1.54, 1.807) is 6.33 Å². The number of rotatable bonds is 10. The first-order valence-corrected chi connectivity index (χ1v) is 17.0. The number of hydrogen-bond donors (Lipinski definition) is 3. The van der Waals surface area contributed by atoms with Crippen molar-refractivity contribution in [2.45, 2.75) is 188 Å². The second-order valence-electron chi connectivity index (χ2n) is 18.4. The summed E-state index contributed by atoms with van der Waals surface area (Å²) in [4.78, 5) is 32.8. The molecule has 0 bridgehead atoms. The molecule has 0 saturated carbocycles. The molecule has 3 heterocycles. The number of hydroxylamine groups is 3. The third kappa shape index (κ3) is 9.52. The molecule has 3 rings (SSSR count). The molecule has 1 aromatic heterocycles. The third-order valence-electron chi connectivity index (χ3n) is 9.39. The number of carbonyl (C=O) groups is 1. The van der Waals surface area contributed by atoms with Gasteiger partial charge in [-0.15, -0.1) is 0 Å². The number of unbranched alkanes of at least 4 members (excludes halogenated alkanes) is 1. The Morgan fingerprint density at radius 3 is 2.02 bits per heavy atom. The summed E-state index contributed by atoms with van der Waals surface area (Å²) < 4.78 is -0.833.